The molecule has 0 fully saturated rings. The van der Waals surface area contributed by atoms with Gasteiger partial charge < -0.3 is 10.2 Å². The number of hydrogen-bond donors (Lipinski definition) is 1. The second kappa shape index (κ2) is 7.33. The Hall–Kier alpha value is -2.03. The summed E-state index contributed by atoms with van der Waals surface area (Å²) in [5.41, 5.74) is 2.13. The van der Waals surface area contributed by atoms with Gasteiger partial charge in [-0.05, 0) is 24.6 Å². The summed E-state index contributed by atoms with van der Waals surface area (Å²) in [5, 5.41) is 3.12. The molecule has 96 valence electrons. The van der Waals surface area contributed by atoms with Gasteiger partial charge in [-0.15, -0.1) is 13.2 Å². The molecule has 0 spiro atoms. The number of aryl methyl sites for hydroxylation is 1. The van der Waals surface area contributed by atoms with Crippen molar-refractivity contribution >= 4 is 11.6 Å². The summed E-state index contributed by atoms with van der Waals surface area (Å²) in [6.07, 6.45) is 3.43. The van der Waals surface area contributed by atoms with Crippen LogP contribution in [0.25, 0.3) is 0 Å². The highest BCUT2D eigenvalue weighted by Crippen LogP contribution is 2.09. The van der Waals surface area contributed by atoms with Crippen molar-refractivity contribution in [2.45, 2.75) is 6.92 Å². The van der Waals surface area contributed by atoms with Gasteiger partial charge in [0.1, 0.15) is 0 Å². The molecule has 0 bridgehead atoms. The maximum atomic E-state index is 11.9. The predicted molar refractivity (Wildman–Crippen MR) is 76.6 cm³/mol. The van der Waals surface area contributed by atoms with Crippen LogP contribution in [-0.2, 0) is 4.79 Å². The molecule has 1 aromatic rings. The molecule has 0 aliphatic heterocycles. The van der Waals surface area contributed by atoms with E-state index in [1.807, 2.05) is 31.2 Å². The fraction of sp³-hybridized carbons (Fsp3) is 0.267. The van der Waals surface area contributed by atoms with Crippen molar-refractivity contribution in [3.05, 3.63) is 55.1 Å². The quantitative estimate of drug-likeness (QED) is 0.748. The molecule has 0 radical (unpaired) electrons. The van der Waals surface area contributed by atoms with Crippen LogP contribution in [0.5, 0.6) is 0 Å². The Morgan fingerprint density at radius 2 is 2.00 bits per heavy atom. The molecule has 1 amide bonds. The number of nitrogens with one attached hydrogen (secondary N) is 1. The highest BCUT2D eigenvalue weighted by molar-refractivity contribution is 5.81. The third-order valence-corrected chi connectivity index (χ3v) is 2.51. The summed E-state index contributed by atoms with van der Waals surface area (Å²) < 4.78 is 0. The molecule has 1 N–H and O–H groups in total. The van der Waals surface area contributed by atoms with Gasteiger partial charge in [-0.3, -0.25) is 4.79 Å². The molecule has 1 rings (SSSR count). The zero-order valence-electron chi connectivity index (χ0n) is 10.9. The van der Waals surface area contributed by atoms with Gasteiger partial charge in [0.15, 0.2) is 0 Å². The highest BCUT2D eigenvalue weighted by Gasteiger charge is 2.09. The Morgan fingerprint density at radius 3 is 2.56 bits per heavy atom. The van der Waals surface area contributed by atoms with E-state index >= 15 is 0 Å². The topological polar surface area (TPSA) is 32.3 Å². The normalized spacial score (nSPS) is 9.61. The van der Waals surface area contributed by atoms with Gasteiger partial charge in [0.25, 0.3) is 0 Å². The lowest BCUT2D eigenvalue weighted by Gasteiger charge is -2.19. The molecule has 0 aromatic heterocycles. The van der Waals surface area contributed by atoms with Crippen LogP contribution in [0.4, 0.5) is 5.69 Å². The maximum Gasteiger partial charge on any atom is 0.242 e. The maximum absolute atomic E-state index is 11.9. The summed E-state index contributed by atoms with van der Waals surface area (Å²) in [6.45, 7) is 10.7. The van der Waals surface area contributed by atoms with Crippen LogP contribution < -0.4 is 5.32 Å². The number of hydrogen-bond acceptors (Lipinski definition) is 2. The zero-order chi connectivity index (χ0) is 13.4. The highest BCUT2D eigenvalue weighted by atomic mass is 16.2. The molecular formula is C15H20N2O. The lowest BCUT2D eigenvalue weighted by molar-refractivity contribution is -0.128. The molecule has 0 heterocycles. The van der Waals surface area contributed by atoms with E-state index in [0.717, 1.165) is 5.69 Å². The fourth-order valence-electron chi connectivity index (χ4n) is 1.63. The van der Waals surface area contributed by atoms with Crippen LogP contribution >= 0.6 is 0 Å². The minimum absolute atomic E-state index is 0.0382. The van der Waals surface area contributed by atoms with Crippen LogP contribution in [-0.4, -0.2) is 30.4 Å². The van der Waals surface area contributed by atoms with Crippen molar-refractivity contribution in [3.8, 4) is 0 Å². The number of benzene rings is 1. The molecule has 1 aromatic carbocycles. The predicted octanol–water partition coefficient (Wildman–Crippen LogP) is 2.61. The van der Waals surface area contributed by atoms with E-state index in [9.17, 15) is 4.79 Å². The summed E-state index contributed by atoms with van der Waals surface area (Å²) in [4.78, 5) is 13.6. The summed E-state index contributed by atoms with van der Waals surface area (Å²) in [5.74, 6) is 0.0382. The molecule has 0 saturated carbocycles. The average Bonchev–Trinajstić information content (AvgIpc) is 2.36. The molecule has 0 aliphatic rings. The molecule has 0 aliphatic carbocycles. The standard InChI is InChI=1S/C15H20N2O/c1-4-9-17(10-5-2)15(18)12-16-14-8-6-7-13(3)11-14/h4-8,11,16H,1-2,9-10,12H2,3H3. The SMILES string of the molecule is C=CCN(CC=C)C(=O)CNc1cccc(C)c1. The summed E-state index contributed by atoms with van der Waals surface area (Å²) in [7, 11) is 0. The van der Waals surface area contributed by atoms with Crippen LogP contribution in [0.2, 0.25) is 0 Å². The average molecular weight is 244 g/mol. The molecule has 0 atom stereocenters. The van der Waals surface area contributed by atoms with E-state index in [0.29, 0.717) is 13.1 Å². The van der Waals surface area contributed by atoms with Gasteiger partial charge in [-0.1, -0.05) is 24.3 Å². The third kappa shape index (κ3) is 4.45. The van der Waals surface area contributed by atoms with Crippen LogP contribution in [0.1, 0.15) is 5.56 Å². The zero-order valence-corrected chi connectivity index (χ0v) is 10.9. The van der Waals surface area contributed by atoms with Crippen molar-refractivity contribution in [1.29, 1.82) is 0 Å². The van der Waals surface area contributed by atoms with Gasteiger partial charge >= 0.3 is 0 Å². The summed E-state index contributed by atoms with van der Waals surface area (Å²) >= 11 is 0. The molecule has 3 heteroatoms. The van der Waals surface area contributed by atoms with Crippen molar-refractivity contribution in [2.75, 3.05) is 25.0 Å². The fourth-order valence-corrected chi connectivity index (χ4v) is 1.63. The van der Waals surface area contributed by atoms with Gasteiger partial charge in [0.2, 0.25) is 5.91 Å². The molecule has 18 heavy (non-hydrogen) atoms. The van der Waals surface area contributed by atoms with Gasteiger partial charge in [-0.2, -0.15) is 0 Å². The smallest absolute Gasteiger partial charge is 0.242 e. The minimum Gasteiger partial charge on any atom is -0.376 e. The Morgan fingerprint density at radius 1 is 1.33 bits per heavy atom. The first-order chi connectivity index (χ1) is 8.67. The molecular weight excluding hydrogens is 224 g/mol. The van der Waals surface area contributed by atoms with E-state index in [4.69, 9.17) is 0 Å². The van der Waals surface area contributed by atoms with Crippen molar-refractivity contribution in [1.82, 2.24) is 4.90 Å². The van der Waals surface area contributed by atoms with Gasteiger partial charge in [0, 0.05) is 18.8 Å². The lowest BCUT2D eigenvalue weighted by Crippen LogP contribution is -2.35. The van der Waals surface area contributed by atoms with Crippen LogP contribution in [0.15, 0.2) is 49.6 Å². The Labute approximate surface area is 109 Å². The van der Waals surface area contributed by atoms with E-state index in [-0.39, 0.29) is 12.5 Å². The van der Waals surface area contributed by atoms with Crippen molar-refractivity contribution in [3.63, 3.8) is 0 Å². The van der Waals surface area contributed by atoms with Gasteiger partial charge in [-0.25, -0.2) is 0 Å². The number of anilines is 1. The number of carbonyl (C=O) groups is 1. The molecule has 0 saturated heterocycles. The second-order valence-corrected chi connectivity index (χ2v) is 4.10. The monoisotopic (exact) mass is 244 g/mol. The number of nitrogens with zero attached hydrogens (tertiary/aromatic N) is 1. The number of rotatable bonds is 7. The molecule has 3 nitrogen and oxygen atoms in total. The van der Waals surface area contributed by atoms with Crippen LogP contribution in [0.3, 0.4) is 0 Å². The Bertz CT molecular complexity index is 416. The van der Waals surface area contributed by atoms with Gasteiger partial charge in [0.05, 0.1) is 6.54 Å². The lowest BCUT2D eigenvalue weighted by atomic mass is 10.2. The Kier molecular flexibility index (Phi) is 5.71. The first kappa shape index (κ1) is 14.0. The second-order valence-electron chi connectivity index (χ2n) is 4.10. The summed E-state index contributed by atoms with van der Waals surface area (Å²) in [6, 6.07) is 7.95. The van der Waals surface area contributed by atoms with Crippen LogP contribution in [0, 0.1) is 6.92 Å². The number of amides is 1. The number of carbonyl (C=O) groups excluding carboxylic acids is 1. The Balaban J connectivity index is 2.53. The van der Waals surface area contributed by atoms with E-state index < -0.39 is 0 Å². The van der Waals surface area contributed by atoms with Crippen molar-refractivity contribution < 1.29 is 4.79 Å². The third-order valence-electron chi connectivity index (χ3n) is 2.51. The first-order valence-corrected chi connectivity index (χ1v) is 5.97. The molecule has 0 unspecified atom stereocenters. The van der Waals surface area contributed by atoms with Crippen molar-refractivity contribution in [2.24, 2.45) is 0 Å². The minimum atomic E-state index is 0.0382. The largest absolute Gasteiger partial charge is 0.376 e. The van der Waals surface area contributed by atoms with E-state index in [1.54, 1.807) is 17.1 Å². The van der Waals surface area contributed by atoms with E-state index in [2.05, 4.69) is 18.5 Å². The first-order valence-electron chi connectivity index (χ1n) is 5.97. The van der Waals surface area contributed by atoms with E-state index in [1.165, 1.54) is 5.56 Å².